The normalized spacial score (nSPS) is 11.5. The molecule has 0 aliphatic rings. The van der Waals surface area contributed by atoms with Crippen LogP contribution in [0.25, 0.3) is 87.7 Å². The summed E-state index contributed by atoms with van der Waals surface area (Å²) in [5, 5.41) is 7.84. The summed E-state index contributed by atoms with van der Waals surface area (Å²) in [6.45, 7) is 2.66. The summed E-state index contributed by atoms with van der Waals surface area (Å²) in [5.41, 5.74) is 10.7. The van der Waals surface area contributed by atoms with Crippen molar-refractivity contribution in [1.29, 1.82) is 0 Å². The van der Waals surface area contributed by atoms with Crippen molar-refractivity contribution in [3.05, 3.63) is 180 Å². The van der Waals surface area contributed by atoms with E-state index >= 15 is 0 Å². The molecule has 0 atom stereocenters. The van der Waals surface area contributed by atoms with Gasteiger partial charge in [0.05, 0.1) is 5.52 Å². The van der Waals surface area contributed by atoms with Crippen LogP contribution in [0, 0.1) is 0 Å². The fourth-order valence-corrected chi connectivity index (χ4v) is 7.68. The quantitative estimate of drug-likeness (QED) is 0.137. The zero-order chi connectivity index (χ0) is 32.9. The van der Waals surface area contributed by atoms with Gasteiger partial charge in [-0.25, -0.2) is 0 Å². The van der Waals surface area contributed by atoms with Crippen LogP contribution >= 0.6 is 0 Å². The predicted molar refractivity (Wildman–Crippen MR) is 208 cm³/mol. The zero-order valence-electron chi connectivity index (χ0n) is 27.2. The summed E-state index contributed by atoms with van der Waals surface area (Å²) in [6.07, 6.45) is 0. The highest BCUT2D eigenvalue weighted by molar-refractivity contribution is 6.21. The van der Waals surface area contributed by atoms with Crippen LogP contribution in [-0.2, 0) is 6.54 Å². The van der Waals surface area contributed by atoms with Gasteiger partial charge in [-0.15, -0.1) is 0 Å². The van der Waals surface area contributed by atoms with E-state index < -0.39 is 0 Å². The lowest BCUT2D eigenvalue weighted by atomic mass is 9.85. The van der Waals surface area contributed by atoms with Crippen LogP contribution in [0.5, 0.6) is 0 Å². The predicted octanol–water partition coefficient (Wildman–Crippen LogP) is 12.1. The maximum absolute atomic E-state index is 13.2. The summed E-state index contributed by atoms with van der Waals surface area (Å²) in [6, 6.07) is 60.6. The second-order valence-electron chi connectivity index (χ2n) is 12.7. The van der Waals surface area contributed by atoms with Gasteiger partial charge in [-0.1, -0.05) is 152 Å². The molecule has 0 fully saturated rings. The Labute approximate surface area is 285 Å². The molecule has 0 aliphatic carbocycles. The summed E-state index contributed by atoms with van der Waals surface area (Å²) < 4.78 is 1.88. The monoisotopic (exact) mass is 627 g/mol. The molecular formula is C47H33NO. The van der Waals surface area contributed by atoms with Gasteiger partial charge in [0.25, 0.3) is 5.56 Å². The molecule has 0 unspecified atom stereocenters. The van der Waals surface area contributed by atoms with Crippen LogP contribution < -0.4 is 5.56 Å². The second kappa shape index (κ2) is 11.8. The number of aromatic nitrogens is 1. The van der Waals surface area contributed by atoms with Gasteiger partial charge in [0.15, 0.2) is 0 Å². The van der Waals surface area contributed by atoms with Crippen molar-refractivity contribution >= 4 is 43.2 Å². The molecule has 9 aromatic rings. The number of hydrogen-bond donors (Lipinski definition) is 0. The Balaban J connectivity index is 1.18. The van der Waals surface area contributed by atoms with E-state index in [0.29, 0.717) is 6.54 Å². The molecule has 49 heavy (non-hydrogen) atoms. The molecule has 0 saturated carbocycles. The van der Waals surface area contributed by atoms with Crippen molar-refractivity contribution in [2.75, 3.05) is 0 Å². The number of pyridine rings is 1. The molecule has 2 nitrogen and oxygen atoms in total. The Kier molecular flexibility index (Phi) is 6.95. The van der Waals surface area contributed by atoms with E-state index in [2.05, 4.69) is 152 Å². The largest absolute Gasteiger partial charge is 0.308 e. The van der Waals surface area contributed by atoms with E-state index in [1.807, 2.05) is 29.7 Å². The molecule has 0 saturated heterocycles. The first kappa shape index (κ1) is 28.9. The fraction of sp³-hybridized carbons (Fsp3) is 0.0426. The average molecular weight is 628 g/mol. The Morgan fingerprint density at radius 3 is 1.27 bits per heavy atom. The van der Waals surface area contributed by atoms with Crippen LogP contribution in [0.1, 0.15) is 6.92 Å². The van der Waals surface area contributed by atoms with Gasteiger partial charge in [-0.2, -0.15) is 0 Å². The Hall–Kier alpha value is -6.25. The maximum atomic E-state index is 13.2. The molecule has 9 rings (SSSR count). The van der Waals surface area contributed by atoms with Gasteiger partial charge in [-0.3, -0.25) is 4.79 Å². The molecule has 232 valence electrons. The minimum absolute atomic E-state index is 0.0670. The van der Waals surface area contributed by atoms with Crippen LogP contribution in [0.15, 0.2) is 175 Å². The third kappa shape index (κ3) is 4.76. The van der Waals surface area contributed by atoms with Crippen molar-refractivity contribution in [1.82, 2.24) is 4.57 Å². The number of benzene rings is 8. The SMILES string of the molecule is CCn1c(=O)c2ccccc2c2cc(-c3ccc(-c4c5ccccc5c(-c5ccc(-c6ccccc6)cc5)c5ccccc45)cc3)ccc21. The molecular weight excluding hydrogens is 595 g/mol. The molecule has 0 aliphatic heterocycles. The fourth-order valence-electron chi connectivity index (χ4n) is 7.68. The first-order chi connectivity index (χ1) is 24.2. The van der Waals surface area contributed by atoms with E-state index in [1.165, 1.54) is 54.9 Å². The smallest absolute Gasteiger partial charge is 0.258 e. The average Bonchev–Trinajstić information content (AvgIpc) is 3.17. The lowest BCUT2D eigenvalue weighted by Gasteiger charge is -2.18. The highest BCUT2D eigenvalue weighted by Crippen LogP contribution is 2.44. The molecule has 0 spiro atoms. The van der Waals surface area contributed by atoms with Crippen LogP contribution in [0.3, 0.4) is 0 Å². The zero-order valence-corrected chi connectivity index (χ0v) is 27.2. The minimum atomic E-state index is 0.0670. The highest BCUT2D eigenvalue weighted by Gasteiger charge is 2.17. The van der Waals surface area contributed by atoms with Crippen molar-refractivity contribution in [3.63, 3.8) is 0 Å². The van der Waals surface area contributed by atoms with Crippen LogP contribution in [-0.4, -0.2) is 4.57 Å². The number of nitrogens with zero attached hydrogens (tertiary/aromatic N) is 1. The van der Waals surface area contributed by atoms with Gasteiger partial charge in [-0.05, 0) is 96.6 Å². The van der Waals surface area contributed by atoms with Gasteiger partial charge < -0.3 is 4.57 Å². The lowest BCUT2D eigenvalue weighted by Crippen LogP contribution is -2.19. The van der Waals surface area contributed by atoms with Crippen molar-refractivity contribution in [3.8, 4) is 44.5 Å². The van der Waals surface area contributed by atoms with Crippen molar-refractivity contribution in [2.45, 2.75) is 13.5 Å². The van der Waals surface area contributed by atoms with E-state index in [-0.39, 0.29) is 5.56 Å². The molecule has 0 N–H and O–H groups in total. The number of aryl methyl sites for hydroxylation is 1. The summed E-state index contributed by atoms with van der Waals surface area (Å²) in [7, 11) is 0. The van der Waals surface area contributed by atoms with Crippen molar-refractivity contribution < 1.29 is 0 Å². The standard InChI is InChI=1S/C47H33NO/c1-2-48-44-29-28-36(30-43(44)37-14-6-11-19-42(37)47(48)49)33-22-26-35(27-23-33)46-40-17-9-7-15-38(40)45(39-16-8-10-18-41(39)46)34-24-20-32(21-25-34)31-12-4-3-5-13-31/h3-30H,2H2,1H3. The van der Waals surface area contributed by atoms with E-state index in [9.17, 15) is 4.79 Å². The third-order valence-corrected chi connectivity index (χ3v) is 10.0. The summed E-state index contributed by atoms with van der Waals surface area (Å²) in [4.78, 5) is 13.2. The van der Waals surface area contributed by atoms with Gasteiger partial charge >= 0.3 is 0 Å². The molecule has 0 radical (unpaired) electrons. The van der Waals surface area contributed by atoms with Crippen LogP contribution in [0.4, 0.5) is 0 Å². The van der Waals surface area contributed by atoms with Crippen molar-refractivity contribution in [2.24, 2.45) is 0 Å². The maximum Gasteiger partial charge on any atom is 0.258 e. The van der Waals surface area contributed by atoms with E-state index in [0.717, 1.165) is 32.8 Å². The lowest BCUT2D eigenvalue weighted by molar-refractivity contribution is 0.767. The Morgan fingerprint density at radius 1 is 0.367 bits per heavy atom. The first-order valence-corrected chi connectivity index (χ1v) is 16.9. The Bertz CT molecular complexity index is 2680. The minimum Gasteiger partial charge on any atom is -0.308 e. The van der Waals surface area contributed by atoms with E-state index in [4.69, 9.17) is 0 Å². The number of fused-ring (bicyclic) bond motifs is 5. The molecule has 0 amide bonds. The summed E-state index contributed by atoms with van der Waals surface area (Å²) >= 11 is 0. The topological polar surface area (TPSA) is 22.0 Å². The molecule has 1 heterocycles. The molecule has 8 aromatic carbocycles. The molecule has 0 bridgehead atoms. The number of hydrogen-bond acceptors (Lipinski definition) is 1. The number of rotatable bonds is 5. The summed E-state index contributed by atoms with van der Waals surface area (Å²) in [5.74, 6) is 0. The van der Waals surface area contributed by atoms with E-state index in [1.54, 1.807) is 0 Å². The van der Waals surface area contributed by atoms with Gasteiger partial charge in [0.2, 0.25) is 0 Å². The second-order valence-corrected chi connectivity index (χ2v) is 12.7. The molecule has 1 aromatic heterocycles. The van der Waals surface area contributed by atoms with Gasteiger partial charge in [0.1, 0.15) is 0 Å². The molecule has 2 heteroatoms. The third-order valence-electron chi connectivity index (χ3n) is 10.0. The first-order valence-electron chi connectivity index (χ1n) is 16.9. The Morgan fingerprint density at radius 2 is 0.755 bits per heavy atom. The van der Waals surface area contributed by atoms with Crippen LogP contribution in [0.2, 0.25) is 0 Å². The van der Waals surface area contributed by atoms with Gasteiger partial charge in [0, 0.05) is 17.3 Å². The highest BCUT2D eigenvalue weighted by atomic mass is 16.1.